The van der Waals surface area contributed by atoms with Crippen LogP contribution in [0.2, 0.25) is 5.02 Å². The minimum atomic E-state index is -4.78. The van der Waals surface area contributed by atoms with E-state index in [2.05, 4.69) is 10.4 Å². The molecule has 0 saturated carbocycles. The number of urea groups is 1. The van der Waals surface area contributed by atoms with Gasteiger partial charge in [-0.1, -0.05) is 23.7 Å². The number of hydrogen-bond donors (Lipinski definition) is 2. The van der Waals surface area contributed by atoms with Gasteiger partial charge in [0, 0.05) is 17.1 Å². The number of carbonyl (C=O) groups is 2. The van der Waals surface area contributed by atoms with Crippen molar-refractivity contribution in [3.63, 3.8) is 0 Å². The van der Waals surface area contributed by atoms with E-state index in [1.54, 1.807) is 0 Å². The Kier molecular flexibility index (Phi) is 5.75. The molecule has 33 heavy (non-hydrogen) atoms. The summed E-state index contributed by atoms with van der Waals surface area (Å²) in [6, 6.07) is 7.52. The highest BCUT2D eigenvalue weighted by atomic mass is 35.5. The molecule has 1 aromatic heterocycles. The van der Waals surface area contributed by atoms with Gasteiger partial charge in [-0.2, -0.15) is 18.3 Å². The molecule has 0 radical (unpaired) electrons. The van der Waals surface area contributed by atoms with Gasteiger partial charge in [0.2, 0.25) is 0 Å². The smallest absolute Gasteiger partial charge is 0.351 e. The van der Waals surface area contributed by atoms with Crippen molar-refractivity contribution in [3.8, 4) is 11.3 Å². The second-order valence-electron chi connectivity index (χ2n) is 7.31. The van der Waals surface area contributed by atoms with Crippen LogP contribution in [0.4, 0.5) is 28.0 Å². The lowest BCUT2D eigenvalue weighted by molar-refractivity contribution is -0.136. The molecule has 3 N–H and O–H groups in total. The number of alkyl halides is 3. The average molecular weight is 482 g/mol. The minimum Gasteiger partial charge on any atom is -0.351 e. The lowest BCUT2D eigenvalue weighted by Crippen LogP contribution is -2.42. The number of benzene rings is 2. The van der Waals surface area contributed by atoms with E-state index in [1.165, 1.54) is 33.8 Å². The number of rotatable bonds is 3. The molecule has 172 valence electrons. The van der Waals surface area contributed by atoms with E-state index >= 15 is 0 Å². The summed E-state index contributed by atoms with van der Waals surface area (Å²) in [5.74, 6) is -1.49. The molecule has 1 aliphatic rings. The second-order valence-corrected chi connectivity index (χ2v) is 7.74. The summed E-state index contributed by atoms with van der Waals surface area (Å²) in [7, 11) is 0. The maximum Gasteiger partial charge on any atom is 0.418 e. The van der Waals surface area contributed by atoms with E-state index in [1.807, 2.05) is 0 Å². The monoisotopic (exact) mass is 481 g/mol. The number of anilines is 1. The number of fused-ring (bicyclic) bond motifs is 1. The number of nitrogens with one attached hydrogen (secondary N) is 1. The standard InChI is InChI=1S/C21H16ClF4N5O2/c22-12-4-5-15(14(9-12)21(24,25)26)28-19(32)17-16-10-30(20(27)33)6-7-31(16)29-18(17)11-2-1-3-13(23)8-11/h1-5,8-9H,6-7,10H2,(H2,27,33)(H,28,32). The van der Waals surface area contributed by atoms with E-state index in [0.29, 0.717) is 6.07 Å². The van der Waals surface area contributed by atoms with Gasteiger partial charge in [0.05, 0.1) is 35.6 Å². The third-order valence-corrected chi connectivity index (χ3v) is 5.39. The summed E-state index contributed by atoms with van der Waals surface area (Å²) < 4.78 is 55.8. The van der Waals surface area contributed by atoms with Crippen LogP contribution in [-0.2, 0) is 19.3 Å². The first-order chi connectivity index (χ1) is 15.5. The van der Waals surface area contributed by atoms with Crippen LogP contribution >= 0.6 is 11.6 Å². The lowest BCUT2D eigenvalue weighted by Gasteiger charge is -2.26. The molecule has 2 heterocycles. The van der Waals surface area contributed by atoms with Crippen LogP contribution < -0.4 is 11.1 Å². The highest BCUT2D eigenvalue weighted by Gasteiger charge is 2.36. The normalized spacial score (nSPS) is 13.5. The molecule has 12 heteroatoms. The molecule has 0 aliphatic carbocycles. The number of hydrogen-bond acceptors (Lipinski definition) is 3. The topological polar surface area (TPSA) is 93.2 Å². The zero-order valence-corrected chi connectivity index (χ0v) is 17.5. The number of halogens is 5. The first kappa shape index (κ1) is 22.6. The fourth-order valence-electron chi connectivity index (χ4n) is 3.63. The van der Waals surface area contributed by atoms with Crippen molar-refractivity contribution in [3.05, 3.63) is 70.1 Å². The summed E-state index contributed by atoms with van der Waals surface area (Å²) in [5, 5.41) is 6.49. The predicted octanol–water partition coefficient (Wildman–Crippen LogP) is 4.51. The molecule has 2 aromatic carbocycles. The van der Waals surface area contributed by atoms with Gasteiger partial charge < -0.3 is 16.0 Å². The van der Waals surface area contributed by atoms with Crippen molar-refractivity contribution >= 4 is 29.2 Å². The highest BCUT2D eigenvalue weighted by molar-refractivity contribution is 6.30. The highest BCUT2D eigenvalue weighted by Crippen LogP contribution is 2.37. The van der Waals surface area contributed by atoms with E-state index in [4.69, 9.17) is 17.3 Å². The third kappa shape index (κ3) is 4.49. The maximum atomic E-state index is 13.9. The Hall–Kier alpha value is -3.60. The van der Waals surface area contributed by atoms with E-state index in [9.17, 15) is 27.2 Å². The number of nitrogens with zero attached hydrogens (tertiary/aromatic N) is 3. The Morgan fingerprint density at radius 2 is 1.88 bits per heavy atom. The molecule has 1 aliphatic heterocycles. The first-order valence-corrected chi connectivity index (χ1v) is 10.0. The molecule has 0 unspecified atom stereocenters. The van der Waals surface area contributed by atoms with Crippen LogP contribution in [0.5, 0.6) is 0 Å². The molecule has 7 nitrogen and oxygen atoms in total. The van der Waals surface area contributed by atoms with Gasteiger partial charge in [0.1, 0.15) is 11.5 Å². The van der Waals surface area contributed by atoms with E-state index in [-0.39, 0.29) is 47.2 Å². The predicted molar refractivity (Wildman–Crippen MR) is 112 cm³/mol. The van der Waals surface area contributed by atoms with Gasteiger partial charge >= 0.3 is 12.2 Å². The summed E-state index contributed by atoms with van der Waals surface area (Å²) >= 11 is 5.71. The van der Waals surface area contributed by atoms with Crippen molar-refractivity contribution in [1.82, 2.24) is 14.7 Å². The maximum absolute atomic E-state index is 13.9. The van der Waals surface area contributed by atoms with Crippen LogP contribution in [0.15, 0.2) is 42.5 Å². The van der Waals surface area contributed by atoms with Crippen LogP contribution in [-0.4, -0.2) is 33.2 Å². The molecule has 0 atom stereocenters. The third-order valence-electron chi connectivity index (χ3n) is 5.15. The summed E-state index contributed by atoms with van der Waals surface area (Å²) in [5.41, 5.74) is 4.21. The van der Waals surface area contributed by atoms with Gasteiger partial charge in [0.15, 0.2) is 0 Å². The molecule has 0 spiro atoms. The van der Waals surface area contributed by atoms with Crippen molar-refractivity contribution in [2.75, 3.05) is 11.9 Å². The number of amides is 3. The Morgan fingerprint density at radius 1 is 1.12 bits per heavy atom. The molecule has 0 saturated heterocycles. The molecular weight excluding hydrogens is 466 g/mol. The summed E-state index contributed by atoms with van der Waals surface area (Å²) in [6.07, 6.45) is -4.78. The first-order valence-electron chi connectivity index (χ1n) is 9.62. The fourth-order valence-corrected chi connectivity index (χ4v) is 3.80. The van der Waals surface area contributed by atoms with Crippen molar-refractivity contribution < 1.29 is 27.2 Å². The lowest BCUT2D eigenvalue weighted by atomic mass is 10.0. The molecular formula is C21H16ClF4N5O2. The van der Waals surface area contributed by atoms with Crippen LogP contribution in [0, 0.1) is 5.82 Å². The number of nitrogens with two attached hydrogens (primary N) is 1. The van der Waals surface area contributed by atoms with E-state index < -0.39 is 35.2 Å². The number of aromatic nitrogens is 2. The number of carbonyl (C=O) groups excluding carboxylic acids is 2. The van der Waals surface area contributed by atoms with Crippen molar-refractivity contribution in [2.24, 2.45) is 5.73 Å². The molecule has 4 rings (SSSR count). The van der Waals surface area contributed by atoms with Gasteiger partial charge in [0.25, 0.3) is 5.91 Å². The number of primary amides is 1. The quantitative estimate of drug-likeness (QED) is 0.539. The van der Waals surface area contributed by atoms with Crippen LogP contribution in [0.25, 0.3) is 11.3 Å². The Morgan fingerprint density at radius 3 is 2.55 bits per heavy atom. The Labute approximate surface area is 189 Å². The Balaban J connectivity index is 1.82. The van der Waals surface area contributed by atoms with Gasteiger partial charge in [-0.25, -0.2) is 9.18 Å². The zero-order valence-electron chi connectivity index (χ0n) is 16.8. The molecule has 3 aromatic rings. The SMILES string of the molecule is NC(=O)N1CCn2nc(-c3cccc(F)c3)c(C(=O)Nc3ccc(Cl)cc3C(F)(F)F)c2C1. The van der Waals surface area contributed by atoms with Gasteiger partial charge in [-0.3, -0.25) is 9.48 Å². The average Bonchev–Trinajstić information content (AvgIpc) is 3.13. The van der Waals surface area contributed by atoms with Crippen LogP contribution in [0.1, 0.15) is 21.6 Å². The van der Waals surface area contributed by atoms with E-state index in [0.717, 1.165) is 12.1 Å². The summed E-state index contributed by atoms with van der Waals surface area (Å²) in [4.78, 5) is 26.2. The largest absolute Gasteiger partial charge is 0.418 e. The van der Waals surface area contributed by atoms with Crippen molar-refractivity contribution in [2.45, 2.75) is 19.3 Å². The minimum absolute atomic E-state index is 0.0656. The van der Waals surface area contributed by atoms with Gasteiger partial charge in [-0.15, -0.1) is 0 Å². The Bertz CT molecular complexity index is 1260. The van der Waals surface area contributed by atoms with Gasteiger partial charge in [-0.05, 0) is 30.3 Å². The molecule has 0 fully saturated rings. The van der Waals surface area contributed by atoms with Crippen molar-refractivity contribution in [1.29, 1.82) is 0 Å². The molecule has 3 amide bonds. The van der Waals surface area contributed by atoms with Crippen LogP contribution in [0.3, 0.4) is 0 Å². The fraction of sp³-hybridized carbons (Fsp3) is 0.190. The zero-order chi connectivity index (χ0) is 23.9. The second kappa shape index (κ2) is 8.39. The molecule has 0 bridgehead atoms. The summed E-state index contributed by atoms with van der Waals surface area (Å²) in [6.45, 7) is 0.332.